The molecule has 136 valence electrons. The lowest BCUT2D eigenvalue weighted by Crippen LogP contribution is -2.54. The zero-order valence-electron chi connectivity index (χ0n) is 15.8. The number of hydrogen-bond donors (Lipinski definition) is 1. The maximum absolute atomic E-state index is 11.1. The van der Waals surface area contributed by atoms with Gasteiger partial charge in [0.15, 0.2) is 0 Å². The second-order valence-corrected chi connectivity index (χ2v) is 9.27. The van der Waals surface area contributed by atoms with Crippen LogP contribution in [0.15, 0.2) is 16.8 Å². The Morgan fingerprint density at radius 3 is 2.64 bits per heavy atom. The van der Waals surface area contributed by atoms with Crippen LogP contribution in [-0.2, 0) is 4.84 Å². The van der Waals surface area contributed by atoms with Crippen LogP contribution in [0.25, 0.3) is 0 Å². The number of fused-ring (bicyclic) bond motifs is 5. The van der Waals surface area contributed by atoms with Crippen LogP contribution in [0.4, 0.5) is 0 Å². The first-order chi connectivity index (χ1) is 11.9. The van der Waals surface area contributed by atoms with Gasteiger partial charge in [0.05, 0.1) is 5.71 Å². The zero-order chi connectivity index (χ0) is 17.9. The van der Waals surface area contributed by atoms with Gasteiger partial charge in [0.2, 0.25) is 0 Å². The van der Waals surface area contributed by atoms with E-state index < -0.39 is 5.60 Å². The third kappa shape index (κ3) is 2.19. The standard InChI is InChI=1S/C22H31NO2/c1-5-22(24)13-10-19-17-7-6-15-14-16(23-25-4)8-11-20(15,2)18(17)9-12-21(19,22)3/h1,14,17-19,24H,6-13H2,2-4H3/b23-16+. The van der Waals surface area contributed by atoms with Gasteiger partial charge in [0, 0.05) is 5.41 Å². The highest BCUT2D eigenvalue weighted by Crippen LogP contribution is 2.67. The number of allylic oxidation sites excluding steroid dienone is 2. The number of aliphatic hydroxyl groups is 1. The molecule has 0 bridgehead atoms. The minimum absolute atomic E-state index is 0.0994. The molecular weight excluding hydrogens is 310 g/mol. The van der Waals surface area contributed by atoms with Crippen LogP contribution in [0.5, 0.6) is 0 Å². The van der Waals surface area contributed by atoms with Crippen molar-refractivity contribution in [2.24, 2.45) is 33.7 Å². The van der Waals surface area contributed by atoms with Gasteiger partial charge in [-0.3, -0.25) is 0 Å². The van der Waals surface area contributed by atoms with Crippen LogP contribution in [0.1, 0.15) is 65.2 Å². The molecule has 0 aromatic heterocycles. The molecule has 3 heteroatoms. The summed E-state index contributed by atoms with van der Waals surface area (Å²) in [5, 5.41) is 15.2. The summed E-state index contributed by atoms with van der Waals surface area (Å²) < 4.78 is 0. The van der Waals surface area contributed by atoms with Gasteiger partial charge in [-0.15, -0.1) is 6.42 Å². The summed E-state index contributed by atoms with van der Waals surface area (Å²) in [7, 11) is 1.63. The summed E-state index contributed by atoms with van der Waals surface area (Å²) in [5.41, 5.74) is 1.96. The summed E-state index contributed by atoms with van der Waals surface area (Å²) in [4.78, 5) is 5.00. The van der Waals surface area contributed by atoms with Crippen LogP contribution < -0.4 is 0 Å². The molecular formula is C22H31NO2. The van der Waals surface area contributed by atoms with Crippen LogP contribution >= 0.6 is 0 Å². The van der Waals surface area contributed by atoms with E-state index in [-0.39, 0.29) is 10.8 Å². The molecule has 4 aliphatic carbocycles. The number of terminal acetylenes is 1. The van der Waals surface area contributed by atoms with Crippen LogP contribution in [-0.4, -0.2) is 23.5 Å². The third-order valence-corrected chi connectivity index (χ3v) is 8.58. The third-order valence-electron chi connectivity index (χ3n) is 8.58. The molecule has 6 unspecified atom stereocenters. The van der Waals surface area contributed by atoms with E-state index in [0.717, 1.165) is 43.7 Å². The zero-order valence-corrected chi connectivity index (χ0v) is 15.8. The summed E-state index contributed by atoms with van der Waals surface area (Å²) in [6.45, 7) is 4.74. The van der Waals surface area contributed by atoms with Crippen molar-refractivity contribution in [2.45, 2.75) is 70.8 Å². The lowest BCUT2D eigenvalue weighted by molar-refractivity contribution is -0.0987. The molecule has 3 saturated carbocycles. The van der Waals surface area contributed by atoms with E-state index in [2.05, 4.69) is 31.0 Å². The number of hydrogen-bond acceptors (Lipinski definition) is 3. The van der Waals surface area contributed by atoms with Gasteiger partial charge >= 0.3 is 0 Å². The van der Waals surface area contributed by atoms with E-state index in [9.17, 15) is 5.11 Å². The maximum Gasteiger partial charge on any atom is 0.130 e. The van der Waals surface area contributed by atoms with Crippen molar-refractivity contribution in [3.8, 4) is 12.3 Å². The lowest BCUT2D eigenvalue weighted by Gasteiger charge is -2.58. The van der Waals surface area contributed by atoms with E-state index in [0.29, 0.717) is 11.8 Å². The van der Waals surface area contributed by atoms with Crippen molar-refractivity contribution >= 4 is 5.71 Å². The molecule has 0 spiro atoms. The van der Waals surface area contributed by atoms with E-state index in [1.54, 1.807) is 12.7 Å². The van der Waals surface area contributed by atoms with Crippen molar-refractivity contribution in [3.63, 3.8) is 0 Å². The topological polar surface area (TPSA) is 41.8 Å². The molecule has 0 amide bonds. The molecule has 3 nitrogen and oxygen atoms in total. The van der Waals surface area contributed by atoms with Gasteiger partial charge in [0.1, 0.15) is 12.7 Å². The quantitative estimate of drug-likeness (QED) is 0.570. The highest BCUT2D eigenvalue weighted by atomic mass is 16.6. The smallest absolute Gasteiger partial charge is 0.130 e. The molecule has 4 aliphatic rings. The molecule has 0 aromatic carbocycles. The molecule has 25 heavy (non-hydrogen) atoms. The Morgan fingerprint density at radius 2 is 1.92 bits per heavy atom. The first-order valence-corrected chi connectivity index (χ1v) is 9.89. The van der Waals surface area contributed by atoms with Gasteiger partial charge in [-0.25, -0.2) is 0 Å². The molecule has 4 rings (SSSR count). The Bertz CT molecular complexity index is 674. The molecule has 0 radical (unpaired) electrons. The molecule has 0 aromatic rings. The highest BCUT2D eigenvalue weighted by Gasteiger charge is 2.63. The van der Waals surface area contributed by atoms with Crippen molar-refractivity contribution in [1.82, 2.24) is 0 Å². The first kappa shape index (κ1) is 17.2. The second kappa shape index (κ2) is 5.61. The van der Waals surface area contributed by atoms with E-state index >= 15 is 0 Å². The Morgan fingerprint density at radius 1 is 1.16 bits per heavy atom. The Balaban J connectivity index is 1.66. The molecule has 0 saturated heterocycles. The first-order valence-electron chi connectivity index (χ1n) is 9.89. The minimum atomic E-state index is -0.898. The van der Waals surface area contributed by atoms with Crippen molar-refractivity contribution in [3.05, 3.63) is 11.6 Å². The minimum Gasteiger partial charge on any atom is -0.399 e. The summed E-state index contributed by atoms with van der Waals surface area (Å²) >= 11 is 0. The predicted molar refractivity (Wildman–Crippen MR) is 99.9 cm³/mol. The van der Waals surface area contributed by atoms with Crippen LogP contribution in [0.2, 0.25) is 0 Å². The number of nitrogens with zero attached hydrogens (tertiary/aromatic N) is 1. The van der Waals surface area contributed by atoms with Crippen molar-refractivity contribution < 1.29 is 9.94 Å². The summed E-state index contributed by atoms with van der Waals surface area (Å²) in [5.74, 6) is 4.76. The molecule has 0 aliphatic heterocycles. The van der Waals surface area contributed by atoms with Crippen molar-refractivity contribution in [1.29, 1.82) is 0 Å². The summed E-state index contributed by atoms with van der Waals surface area (Å²) in [6.07, 6.45) is 16.7. The average Bonchev–Trinajstić information content (AvgIpc) is 2.87. The fraction of sp³-hybridized carbons (Fsp3) is 0.773. The highest BCUT2D eigenvalue weighted by molar-refractivity contribution is 5.96. The fourth-order valence-corrected chi connectivity index (χ4v) is 7.01. The van der Waals surface area contributed by atoms with Crippen LogP contribution in [0.3, 0.4) is 0 Å². The Labute approximate surface area is 151 Å². The van der Waals surface area contributed by atoms with Gasteiger partial charge < -0.3 is 9.94 Å². The molecule has 6 atom stereocenters. The SMILES string of the molecule is C#CC1(O)CCC2C3CCC4=C/C(=N/OC)CCC4(C)C3CCC21C. The number of rotatable bonds is 1. The van der Waals surface area contributed by atoms with Gasteiger partial charge in [-0.2, -0.15) is 0 Å². The maximum atomic E-state index is 11.1. The lowest BCUT2D eigenvalue weighted by atomic mass is 9.46. The monoisotopic (exact) mass is 341 g/mol. The second-order valence-electron chi connectivity index (χ2n) is 9.27. The molecule has 3 fully saturated rings. The Hall–Kier alpha value is -1.27. The largest absolute Gasteiger partial charge is 0.399 e. The average molecular weight is 341 g/mol. The molecule has 0 heterocycles. The summed E-state index contributed by atoms with van der Waals surface area (Å²) in [6, 6.07) is 0. The molecule has 1 N–H and O–H groups in total. The van der Waals surface area contributed by atoms with Crippen molar-refractivity contribution in [2.75, 3.05) is 7.11 Å². The van der Waals surface area contributed by atoms with E-state index in [1.807, 2.05) is 0 Å². The normalized spacial score (nSPS) is 50.3. The Kier molecular flexibility index (Phi) is 3.85. The van der Waals surface area contributed by atoms with Gasteiger partial charge in [-0.05, 0) is 80.6 Å². The van der Waals surface area contributed by atoms with Gasteiger partial charge in [-0.1, -0.05) is 30.5 Å². The van der Waals surface area contributed by atoms with Crippen LogP contribution in [0, 0.1) is 40.9 Å². The number of oxime groups is 1. The van der Waals surface area contributed by atoms with Gasteiger partial charge in [0.25, 0.3) is 0 Å². The van der Waals surface area contributed by atoms with E-state index in [4.69, 9.17) is 11.3 Å². The predicted octanol–water partition coefficient (Wildman–Crippen LogP) is 4.32. The fourth-order valence-electron chi connectivity index (χ4n) is 7.01. The van der Waals surface area contributed by atoms with E-state index in [1.165, 1.54) is 19.3 Å².